The van der Waals surface area contributed by atoms with Gasteiger partial charge in [0.25, 0.3) is 0 Å². The van der Waals surface area contributed by atoms with E-state index < -0.39 is 53.3 Å². The number of aromatic nitrogens is 3. The number of carbonyl (C=O) groups is 3. The lowest BCUT2D eigenvalue weighted by Gasteiger charge is -2.44. The molecule has 2 heterocycles. The van der Waals surface area contributed by atoms with Crippen LogP contribution < -0.4 is 0 Å². The molecule has 1 saturated heterocycles. The summed E-state index contributed by atoms with van der Waals surface area (Å²) in [7, 11) is 0. The summed E-state index contributed by atoms with van der Waals surface area (Å²) in [4.78, 5) is 35.3. The van der Waals surface area contributed by atoms with Gasteiger partial charge in [0.05, 0.1) is 6.20 Å². The highest BCUT2D eigenvalue weighted by molar-refractivity contribution is 7.99. The van der Waals surface area contributed by atoms with E-state index in [-0.39, 0.29) is 6.61 Å². The predicted octanol–water partition coefficient (Wildman–Crippen LogP) is 1.49. The van der Waals surface area contributed by atoms with Crippen LogP contribution in [0.2, 0.25) is 0 Å². The normalized spacial score (nSPS) is 29.2. The molecule has 1 saturated carbocycles. The van der Waals surface area contributed by atoms with Gasteiger partial charge >= 0.3 is 17.9 Å². The number of hydrogen-bond acceptors (Lipinski definition) is 11. The molecule has 184 valence electrons. The first-order chi connectivity index (χ1) is 15.6. The smallest absolute Gasteiger partial charge is 0.303 e. The molecule has 0 unspecified atom stereocenters. The van der Waals surface area contributed by atoms with Gasteiger partial charge in [-0.15, -0.1) is 16.9 Å². The standard InChI is InChI=1S/C21H31N3O8S/c1-12(25)29-11-15-18(30-13(2)26)17(19(31-14(3)27)20(32-15)33-4)24-10-16(22-23-24)21(28)8-6-5-7-9-21/h10,15,17-20,28H,5-9,11H2,1-4H3/t15-,17+,18+,19-,20+/m1/s1. The predicted molar refractivity (Wildman–Crippen MR) is 116 cm³/mol. The van der Waals surface area contributed by atoms with Crippen molar-refractivity contribution in [1.82, 2.24) is 15.0 Å². The van der Waals surface area contributed by atoms with E-state index in [0.29, 0.717) is 18.5 Å². The molecule has 1 aliphatic heterocycles. The molecule has 33 heavy (non-hydrogen) atoms. The first-order valence-electron chi connectivity index (χ1n) is 11.0. The fraction of sp³-hybridized carbons (Fsp3) is 0.762. The average Bonchev–Trinajstić information content (AvgIpc) is 3.23. The van der Waals surface area contributed by atoms with Gasteiger partial charge in [-0.1, -0.05) is 24.5 Å². The van der Waals surface area contributed by atoms with E-state index in [4.69, 9.17) is 18.9 Å². The second kappa shape index (κ2) is 10.8. The summed E-state index contributed by atoms with van der Waals surface area (Å²) < 4.78 is 23.8. The van der Waals surface area contributed by atoms with Crippen molar-refractivity contribution in [2.75, 3.05) is 12.9 Å². The number of ether oxygens (including phenoxy) is 4. The summed E-state index contributed by atoms with van der Waals surface area (Å²) in [6.07, 6.45) is 4.63. The molecule has 0 aromatic carbocycles. The molecular weight excluding hydrogens is 454 g/mol. The topological polar surface area (TPSA) is 139 Å². The molecular formula is C21H31N3O8S. The molecule has 1 N–H and O–H groups in total. The molecule has 0 spiro atoms. The van der Waals surface area contributed by atoms with E-state index in [9.17, 15) is 19.5 Å². The zero-order chi connectivity index (χ0) is 24.2. The lowest BCUT2D eigenvalue weighted by Crippen LogP contribution is -2.57. The highest BCUT2D eigenvalue weighted by atomic mass is 32.2. The fourth-order valence-electron chi connectivity index (χ4n) is 4.40. The highest BCUT2D eigenvalue weighted by Gasteiger charge is 2.52. The van der Waals surface area contributed by atoms with E-state index in [0.717, 1.165) is 19.3 Å². The third-order valence-electron chi connectivity index (χ3n) is 5.88. The maximum atomic E-state index is 12.0. The van der Waals surface area contributed by atoms with Crippen molar-refractivity contribution < 1.29 is 38.4 Å². The van der Waals surface area contributed by atoms with Crippen molar-refractivity contribution in [1.29, 1.82) is 0 Å². The summed E-state index contributed by atoms with van der Waals surface area (Å²) in [5, 5.41) is 19.5. The van der Waals surface area contributed by atoms with Crippen molar-refractivity contribution in [3.63, 3.8) is 0 Å². The van der Waals surface area contributed by atoms with Crippen LogP contribution in [0.1, 0.15) is 64.6 Å². The number of hydrogen-bond donors (Lipinski definition) is 1. The van der Waals surface area contributed by atoms with Crippen LogP contribution in [0.5, 0.6) is 0 Å². The van der Waals surface area contributed by atoms with E-state index in [1.807, 2.05) is 0 Å². The van der Waals surface area contributed by atoms with Gasteiger partial charge in [-0.05, 0) is 19.1 Å². The number of aliphatic hydroxyl groups is 1. The molecule has 1 aromatic heterocycles. The zero-order valence-corrected chi connectivity index (χ0v) is 20.1. The van der Waals surface area contributed by atoms with Gasteiger partial charge in [0.2, 0.25) is 0 Å². The Balaban J connectivity index is 2.02. The maximum absolute atomic E-state index is 12.0. The Hall–Kier alpha value is -2.18. The van der Waals surface area contributed by atoms with Gasteiger partial charge in [0.1, 0.15) is 35.5 Å². The van der Waals surface area contributed by atoms with Gasteiger partial charge in [0, 0.05) is 20.8 Å². The summed E-state index contributed by atoms with van der Waals surface area (Å²) in [5.74, 6) is -1.64. The number of carbonyl (C=O) groups excluding carboxylic acids is 3. The largest absolute Gasteiger partial charge is 0.463 e. The van der Waals surface area contributed by atoms with Crippen LogP contribution in [0.4, 0.5) is 0 Å². The van der Waals surface area contributed by atoms with Crippen LogP contribution in [-0.2, 0) is 38.9 Å². The quantitative estimate of drug-likeness (QED) is 0.444. The van der Waals surface area contributed by atoms with Gasteiger partial charge < -0.3 is 24.1 Å². The maximum Gasteiger partial charge on any atom is 0.303 e. The second-order valence-electron chi connectivity index (χ2n) is 8.40. The molecule has 2 fully saturated rings. The number of esters is 3. The summed E-state index contributed by atoms with van der Waals surface area (Å²) in [6.45, 7) is 3.62. The second-order valence-corrected chi connectivity index (χ2v) is 9.33. The molecule has 0 amide bonds. The van der Waals surface area contributed by atoms with Gasteiger partial charge in [0.15, 0.2) is 12.2 Å². The zero-order valence-electron chi connectivity index (χ0n) is 19.3. The molecule has 3 rings (SSSR count). The first kappa shape index (κ1) is 25.4. The molecule has 1 aliphatic carbocycles. The Kier molecular flexibility index (Phi) is 8.35. The minimum atomic E-state index is -1.09. The van der Waals surface area contributed by atoms with Crippen LogP contribution in [-0.4, -0.2) is 74.6 Å². The lowest BCUT2D eigenvalue weighted by molar-refractivity contribution is -0.212. The third-order valence-corrected chi connectivity index (χ3v) is 6.72. The van der Waals surface area contributed by atoms with E-state index in [1.54, 1.807) is 12.5 Å². The fourth-order valence-corrected chi connectivity index (χ4v) is 5.14. The van der Waals surface area contributed by atoms with Crippen LogP contribution >= 0.6 is 11.8 Å². The Morgan fingerprint density at radius 3 is 2.33 bits per heavy atom. The molecule has 5 atom stereocenters. The van der Waals surface area contributed by atoms with E-state index in [2.05, 4.69) is 10.3 Å². The Labute approximate surface area is 196 Å². The minimum absolute atomic E-state index is 0.168. The monoisotopic (exact) mass is 485 g/mol. The molecule has 0 bridgehead atoms. The summed E-state index contributed by atoms with van der Waals surface area (Å²) in [6, 6.07) is -0.821. The molecule has 11 nitrogen and oxygen atoms in total. The van der Waals surface area contributed by atoms with Crippen LogP contribution in [0.3, 0.4) is 0 Å². The van der Waals surface area contributed by atoms with Crippen LogP contribution in [0.15, 0.2) is 6.20 Å². The van der Waals surface area contributed by atoms with Crippen molar-refractivity contribution in [3.8, 4) is 0 Å². The third kappa shape index (κ3) is 6.04. The number of nitrogens with zero attached hydrogens (tertiary/aromatic N) is 3. The van der Waals surface area contributed by atoms with E-state index in [1.165, 1.54) is 37.2 Å². The lowest BCUT2D eigenvalue weighted by atomic mass is 9.83. The Morgan fingerprint density at radius 2 is 1.76 bits per heavy atom. The SMILES string of the molecule is CS[C@@H]1O[C@H](COC(C)=O)[C@H](OC(C)=O)[C@H](n2cc(C3(O)CCCCC3)nn2)[C@H]1OC(C)=O. The van der Waals surface area contributed by atoms with Crippen molar-refractivity contribution in [2.45, 2.75) is 88.3 Å². The summed E-state index contributed by atoms with van der Waals surface area (Å²) in [5.41, 5.74) is -1.34. The Morgan fingerprint density at radius 1 is 1.12 bits per heavy atom. The van der Waals surface area contributed by atoms with Gasteiger partial charge in [-0.25, -0.2) is 4.68 Å². The van der Waals surface area contributed by atoms with Crippen molar-refractivity contribution in [2.24, 2.45) is 0 Å². The van der Waals surface area contributed by atoms with Crippen LogP contribution in [0.25, 0.3) is 0 Å². The highest BCUT2D eigenvalue weighted by Crippen LogP contribution is 2.40. The Bertz CT molecular complexity index is 856. The van der Waals surface area contributed by atoms with Crippen molar-refractivity contribution in [3.05, 3.63) is 11.9 Å². The number of rotatable bonds is 7. The molecule has 0 radical (unpaired) electrons. The molecule has 2 aliphatic rings. The molecule has 1 aromatic rings. The van der Waals surface area contributed by atoms with Gasteiger partial charge in [-0.3, -0.25) is 14.4 Å². The first-order valence-corrected chi connectivity index (χ1v) is 12.2. The summed E-state index contributed by atoms with van der Waals surface area (Å²) >= 11 is 1.30. The minimum Gasteiger partial charge on any atom is -0.463 e. The van der Waals surface area contributed by atoms with Crippen LogP contribution in [0, 0.1) is 0 Å². The van der Waals surface area contributed by atoms with E-state index >= 15 is 0 Å². The number of thioether (sulfide) groups is 1. The van der Waals surface area contributed by atoms with Crippen molar-refractivity contribution >= 4 is 29.7 Å². The molecule has 12 heteroatoms. The average molecular weight is 486 g/mol. The van der Waals surface area contributed by atoms with Gasteiger partial charge in [-0.2, -0.15) is 0 Å².